The van der Waals surface area contributed by atoms with Gasteiger partial charge in [0.2, 0.25) is 0 Å². The lowest BCUT2D eigenvalue weighted by Gasteiger charge is -2.07. The Bertz CT molecular complexity index is 469. The molecule has 2 nitrogen and oxygen atoms in total. The number of hydrogen-bond donors (Lipinski definition) is 1. The molecule has 0 saturated carbocycles. The number of hydrogen-bond acceptors (Lipinski definition) is 2. The zero-order valence-electron chi connectivity index (χ0n) is 9.87. The number of benzene rings is 1. The highest BCUT2D eigenvalue weighted by molar-refractivity contribution is 6.31. The lowest BCUT2D eigenvalue weighted by molar-refractivity contribution is 0.598. The van der Waals surface area contributed by atoms with Crippen molar-refractivity contribution in [2.24, 2.45) is 0 Å². The molecule has 0 unspecified atom stereocenters. The van der Waals surface area contributed by atoms with E-state index in [9.17, 15) is 4.39 Å². The molecule has 1 N–H and O–H groups in total. The molecule has 18 heavy (non-hydrogen) atoms. The molecule has 1 aromatic carbocycles. The smallest absolute Gasteiger partial charge is 0.126 e. The number of nitrogens with one attached hydrogen (secondary N) is 1. The average Bonchev–Trinajstić information content (AvgIpc) is 2.38. The van der Waals surface area contributed by atoms with Gasteiger partial charge in [-0.25, -0.2) is 4.39 Å². The molecule has 0 atom stereocenters. The van der Waals surface area contributed by atoms with Crippen LogP contribution in [0.5, 0.6) is 0 Å². The molecule has 2 aromatic rings. The van der Waals surface area contributed by atoms with Crippen molar-refractivity contribution in [1.29, 1.82) is 0 Å². The van der Waals surface area contributed by atoms with Crippen molar-refractivity contribution in [3.63, 3.8) is 0 Å². The summed E-state index contributed by atoms with van der Waals surface area (Å²) >= 11 is 5.98. The first-order valence-corrected chi connectivity index (χ1v) is 6.17. The minimum absolute atomic E-state index is 0.152. The number of aromatic nitrogens is 1. The van der Waals surface area contributed by atoms with Crippen molar-refractivity contribution in [1.82, 2.24) is 10.3 Å². The van der Waals surface area contributed by atoms with Crippen molar-refractivity contribution in [2.75, 3.05) is 6.54 Å². The molecule has 1 aromatic heterocycles. The number of pyridine rings is 1. The van der Waals surface area contributed by atoms with Crippen LogP contribution in [0.2, 0.25) is 5.02 Å². The summed E-state index contributed by atoms with van der Waals surface area (Å²) in [5.74, 6) is -0.152. The third-order valence-corrected chi connectivity index (χ3v) is 3.04. The summed E-state index contributed by atoms with van der Waals surface area (Å²) in [5, 5.41) is 3.89. The SMILES string of the molecule is Fc1ccccc1CCNCc1ccncc1Cl. The van der Waals surface area contributed by atoms with E-state index in [2.05, 4.69) is 10.3 Å². The van der Waals surface area contributed by atoms with Crippen LogP contribution in [0.4, 0.5) is 4.39 Å². The molecular weight excluding hydrogens is 251 g/mol. The monoisotopic (exact) mass is 264 g/mol. The van der Waals surface area contributed by atoms with Gasteiger partial charge >= 0.3 is 0 Å². The zero-order valence-corrected chi connectivity index (χ0v) is 10.6. The molecule has 0 spiro atoms. The Labute approximate surface area is 111 Å². The third kappa shape index (κ3) is 3.52. The fourth-order valence-corrected chi connectivity index (χ4v) is 1.88. The van der Waals surface area contributed by atoms with Gasteiger partial charge in [0.25, 0.3) is 0 Å². The largest absolute Gasteiger partial charge is 0.312 e. The van der Waals surface area contributed by atoms with Gasteiger partial charge < -0.3 is 5.32 Å². The second-order valence-electron chi connectivity index (χ2n) is 3.99. The molecule has 0 aliphatic carbocycles. The minimum atomic E-state index is -0.152. The molecular formula is C14H14ClFN2. The Kier molecular flexibility index (Phi) is 4.67. The van der Waals surface area contributed by atoms with E-state index in [4.69, 9.17) is 11.6 Å². The van der Waals surface area contributed by atoms with Gasteiger partial charge in [0, 0.05) is 18.9 Å². The molecule has 4 heteroatoms. The molecule has 0 bridgehead atoms. The summed E-state index contributed by atoms with van der Waals surface area (Å²) < 4.78 is 13.3. The van der Waals surface area contributed by atoms with Gasteiger partial charge in [-0.3, -0.25) is 4.98 Å². The quantitative estimate of drug-likeness (QED) is 0.839. The van der Waals surface area contributed by atoms with Gasteiger partial charge in [0.05, 0.1) is 5.02 Å². The van der Waals surface area contributed by atoms with E-state index in [1.54, 1.807) is 24.5 Å². The molecule has 1 heterocycles. The van der Waals surface area contributed by atoms with Crippen LogP contribution in [0.3, 0.4) is 0 Å². The lowest BCUT2D eigenvalue weighted by atomic mass is 10.1. The summed E-state index contributed by atoms with van der Waals surface area (Å²) in [6.07, 6.45) is 3.99. The van der Waals surface area contributed by atoms with Crippen molar-refractivity contribution < 1.29 is 4.39 Å². The maximum atomic E-state index is 13.3. The van der Waals surface area contributed by atoms with E-state index in [-0.39, 0.29) is 5.82 Å². The summed E-state index contributed by atoms with van der Waals surface area (Å²) in [7, 11) is 0. The highest BCUT2D eigenvalue weighted by Gasteiger charge is 2.01. The fraction of sp³-hybridized carbons (Fsp3) is 0.214. The molecule has 0 aliphatic rings. The molecule has 0 radical (unpaired) electrons. The van der Waals surface area contributed by atoms with Crippen molar-refractivity contribution in [3.8, 4) is 0 Å². The molecule has 0 amide bonds. The molecule has 0 fully saturated rings. The molecule has 0 saturated heterocycles. The Morgan fingerprint density at radius 1 is 1.17 bits per heavy atom. The molecule has 0 aliphatic heterocycles. The van der Waals surface area contributed by atoms with Crippen molar-refractivity contribution >= 4 is 11.6 Å². The van der Waals surface area contributed by atoms with Gasteiger partial charge in [-0.2, -0.15) is 0 Å². The Morgan fingerprint density at radius 2 is 2.00 bits per heavy atom. The maximum absolute atomic E-state index is 13.3. The average molecular weight is 265 g/mol. The van der Waals surface area contributed by atoms with Gasteiger partial charge in [0.1, 0.15) is 5.82 Å². The Hall–Kier alpha value is -1.45. The van der Waals surface area contributed by atoms with Gasteiger partial charge in [-0.15, -0.1) is 0 Å². The highest BCUT2D eigenvalue weighted by atomic mass is 35.5. The second kappa shape index (κ2) is 6.47. The predicted molar refractivity (Wildman–Crippen MR) is 71.1 cm³/mol. The van der Waals surface area contributed by atoms with Gasteiger partial charge in [-0.05, 0) is 36.2 Å². The topological polar surface area (TPSA) is 24.9 Å². The van der Waals surface area contributed by atoms with Crippen LogP contribution >= 0.6 is 11.6 Å². The lowest BCUT2D eigenvalue weighted by Crippen LogP contribution is -2.17. The van der Waals surface area contributed by atoms with Crippen LogP contribution in [0, 0.1) is 5.82 Å². The zero-order chi connectivity index (χ0) is 12.8. The van der Waals surface area contributed by atoms with Crippen molar-refractivity contribution in [2.45, 2.75) is 13.0 Å². The summed E-state index contributed by atoms with van der Waals surface area (Å²) in [5.41, 5.74) is 1.73. The van der Waals surface area contributed by atoms with Crippen molar-refractivity contribution in [3.05, 3.63) is 64.7 Å². The van der Waals surface area contributed by atoms with E-state index in [1.165, 1.54) is 6.07 Å². The summed E-state index contributed by atoms with van der Waals surface area (Å²) in [4.78, 5) is 3.92. The van der Waals surface area contributed by atoms with Crippen LogP contribution in [0.25, 0.3) is 0 Å². The van der Waals surface area contributed by atoms with Crippen LogP contribution in [-0.4, -0.2) is 11.5 Å². The number of rotatable bonds is 5. The van der Waals surface area contributed by atoms with E-state index < -0.39 is 0 Å². The van der Waals surface area contributed by atoms with Crippen LogP contribution in [-0.2, 0) is 13.0 Å². The van der Waals surface area contributed by atoms with Crippen LogP contribution in [0.15, 0.2) is 42.7 Å². The maximum Gasteiger partial charge on any atom is 0.126 e. The first kappa shape index (κ1) is 13.0. The second-order valence-corrected chi connectivity index (χ2v) is 4.39. The standard InChI is InChI=1S/C14H14ClFN2/c15-13-10-18-8-6-12(13)9-17-7-5-11-3-1-2-4-14(11)16/h1-4,6,8,10,17H,5,7,9H2. The Balaban J connectivity index is 1.80. The number of halogens is 2. The highest BCUT2D eigenvalue weighted by Crippen LogP contribution is 2.12. The molecule has 94 valence electrons. The summed E-state index contributed by atoms with van der Waals surface area (Å²) in [6, 6.07) is 8.70. The van der Waals surface area contributed by atoms with Crippen LogP contribution in [0.1, 0.15) is 11.1 Å². The fourth-order valence-electron chi connectivity index (χ4n) is 1.69. The Morgan fingerprint density at radius 3 is 2.78 bits per heavy atom. The summed E-state index contributed by atoms with van der Waals surface area (Å²) in [6.45, 7) is 1.37. The van der Waals surface area contributed by atoms with E-state index in [0.717, 1.165) is 11.1 Å². The third-order valence-electron chi connectivity index (χ3n) is 2.70. The minimum Gasteiger partial charge on any atom is -0.312 e. The van der Waals surface area contributed by atoms with E-state index >= 15 is 0 Å². The van der Waals surface area contributed by atoms with Crippen LogP contribution < -0.4 is 5.32 Å². The normalized spacial score (nSPS) is 10.6. The predicted octanol–water partition coefficient (Wildman–Crippen LogP) is 3.21. The first-order valence-electron chi connectivity index (χ1n) is 5.80. The van der Waals surface area contributed by atoms with E-state index in [1.807, 2.05) is 12.1 Å². The first-order chi connectivity index (χ1) is 8.77. The number of nitrogens with zero attached hydrogens (tertiary/aromatic N) is 1. The van der Waals surface area contributed by atoms with E-state index in [0.29, 0.717) is 24.5 Å². The van der Waals surface area contributed by atoms with Gasteiger partial charge in [0.15, 0.2) is 0 Å². The van der Waals surface area contributed by atoms with Gasteiger partial charge in [-0.1, -0.05) is 29.8 Å². The molecule has 2 rings (SSSR count).